The summed E-state index contributed by atoms with van der Waals surface area (Å²) in [4.78, 5) is 23.4. The van der Waals surface area contributed by atoms with Crippen molar-refractivity contribution in [1.29, 1.82) is 0 Å². The molecule has 1 amide bonds. The van der Waals surface area contributed by atoms with Gasteiger partial charge in [-0.1, -0.05) is 0 Å². The number of anilines is 4. The molecule has 36 heavy (non-hydrogen) atoms. The van der Waals surface area contributed by atoms with Gasteiger partial charge in [-0.3, -0.25) is 4.79 Å². The molecule has 10 nitrogen and oxygen atoms in total. The number of hydrogen-bond acceptors (Lipinski definition) is 8. The standard InChI is InChI=1S/C26H26N6O4/c1-2-35-23-14-18(4-5-21(23)31-9-11-34-12-10-31)28-25-26-27-7-8-32(26)15-20(30-25)17-3-6-22-19(13-17)29-24(33)16-36-22/h3-8,13-15H,2,9-12,16H2,1H3,(H,28,30)(H,29,33). The molecular weight excluding hydrogens is 460 g/mol. The summed E-state index contributed by atoms with van der Waals surface area (Å²) in [5, 5.41) is 6.28. The van der Waals surface area contributed by atoms with E-state index in [4.69, 9.17) is 19.2 Å². The van der Waals surface area contributed by atoms with Crippen molar-refractivity contribution >= 4 is 34.4 Å². The van der Waals surface area contributed by atoms with Crippen LogP contribution in [0.4, 0.5) is 22.9 Å². The summed E-state index contributed by atoms with van der Waals surface area (Å²) in [5.41, 5.74) is 4.79. The van der Waals surface area contributed by atoms with Gasteiger partial charge >= 0.3 is 0 Å². The molecule has 0 saturated carbocycles. The number of nitrogens with zero attached hydrogens (tertiary/aromatic N) is 4. The largest absolute Gasteiger partial charge is 0.492 e. The second-order valence-corrected chi connectivity index (χ2v) is 8.52. The lowest BCUT2D eigenvalue weighted by molar-refractivity contribution is -0.118. The van der Waals surface area contributed by atoms with E-state index in [1.807, 2.05) is 54.0 Å². The molecule has 2 aromatic heterocycles. The minimum Gasteiger partial charge on any atom is -0.492 e. The molecule has 2 N–H and O–H groups in total. The second kappa shape index (κ2) is 9.38. The van der Waals surface area contributed by atoms with E-state index in [2.05, 4.69) is 26.6 Å². The lowest BCUT2D eigenvalue weighted by Gasteiger charge is -2.30. The number of amides is 1. The maximum Gasteiger partial charge on any atom is 0.262 e. The predicted molar refractivity (Wildman–Crippen MR) is 136 cm³/mol. The Hall–Kier alpha value is -4.31. The van der Waals surface area contributed by atoms with E-state index in [9.17, 15) is 4.79 Å². The van der Waals surface area contributed by atoms with Crippen molar-refractivity contribution in [2.24, 2.45) is 0 Å². The van der Waals surface area contributed by atoms with Crippen LogP contribution < -0.4 is 25.0 Å². The van der Waals surface area contributed by atoms with Crippen LogP contribution in [0.15, 0.2) is 55.0 Å². The molecule has 0 unspecified atom stereocenters. The molecule has 4 aromatic rings. The molecule has 2 aliphatic heterocycles. The average Bonchev–Trinajstić information content (AvgIpc) is 3.38. The fourth-order valence-electron chi connectivity index (χ4n) is 4.46. The Morgan fingerprint density at radius 2 is 2.06 bits per heavy atom. The molecular formula is C26H26N6O4. The van der Waals surface area contributed by atoms with E-state index in [1.54, 1.807) is 6.20 Å². The predicted octanol–water partition coefficient (Wildman–Crippen LogP) is 3.71. The monoisotopic (exact) mass is 486 g/mol. The molecule has 0 aliphatic carbocycles. The second-order valence-electron chi connectivity index (χ2n) is 8.52. The van der Waals surface area contributed by atoms with Crippen LogP contribution in [0.3, 0.4) is 0 Å². The van der Waals surface area contributed by atoms with Crippen LogP contribution in [-0.4, -0.2) is 59.8 Å². The van der Waals surface area contributed by atoms with Crippen LogP contribution in [0.2, 0.25) is 0 Å². The number of nitrogens with one attached hydrogen (secondary N) is 2. The minimum atomic E-state index is -0.175. The third kappa shape index (κ3) is 4.27. The summed E-state index contributed by atoms with van der Waals surface area (Å²) >= 11 is 0. The van der Waals surface area contributed by atoms with Gasteiger partial charge in [-0.05, 0) is 37.3 Å². The van der Waals surface area contributed by atoms with Gasteiger partial charge in [0.1, 0.15) is 11.5 Å². The van der Waals surface area contributed by atoms with Gasteiger partial charge in [0.25, 0.3) is 5.91 Å². The van der Waals surface area contributed by atoms with Gasteiger partial charge < -0.3 is 34.1 Å². The Morgan fingerprint density at radius 1 is 1.17 bits per heavy atom. The number of aromatic nitrogens is 3. The zero-order valence-electron chi connectivity index (χ0n) is 19.9. The van der Waals surface area contributed by atoms with Gasteiger partial charge in [0, 0.05) is 49.0 Å². The number of hydrogen-bond donors (Lipinski definition) is 2. The van der Waals surface area contributed by atoms with Crippen LogP contribution >= 0.6 is 0 Å². The van der Waals surface area contributed by atoms with E-state index >= 15 is 0 Å². The van der Waals surface area contributed by atoms with Crippen LogP contribution in [0, 0.1) is 0 Å². The number of carbonyl (C=O) groups excluding carboxylic acids is 1. The van der Waals surface area contributed by atoms with Crippen molar-refractivity contribution in [2.75, 3.05) is 55.1 Å². The Balaban J connectivity index is 1.35. The molecule has 184 valence electrons. The molecule has 2 aromatic carbocycles. The van der Waals surface area contributed by atoms with Crippen molar-refractivity contribution < 1.29 is 19.0 Å². The number of ether oxygens (including phenoxy) is 3. The Bertz CT molecular complexity index is 1430. The number of rotatable bonds is 6. The molecule has 6 rings (SSSR count). The summed E-state index contributed by atoms with van der Waals surface area (Å²) in [6, 6.07) is 11.7. The van der Waals surface area contributed by atoms with Crippen LogP contribution in [-0.2, 0) is 9.53 Å². The summed E-state index contributed by atoms with van der Waals surface area (Å²) in [7, 11) is 0. The van der Waals surface area contributed by atoms with Crippen LogP contribution in [0.5, 0.6) is 11.5 Å². The van der Waals surface area contributed by atoms with Gasteiger partial charge in [-0.2, -0.15) is 0 Å². The van der Waals surface area contributed by atoms with Gasteiger partial charge in [-0.15, -0.1) is 0 Å². The SMILES string of the molecule is CCOc1cc(Nc2nc(-c3ccc4c(c3)NC(=O)CO4)cn3ccnc23)ccc1N1CCOCC1. The van der Waals surface area contributed by atoms with E-state index in [1.165, 1.54) is 0 Å². The third-order valence-corrected chi connectivity index (χ3v) is 6.16. The maximum atomic E-state index is 11.8. The van der Waals surface area contributed by atoms with E-state index in [0.29, 0.717) is 42.7 Å². The first-order chi connectivity index (χ1) is 17.7. The number of fused-ring (bicyclic) bond motifs is 2. The first kappa shape index (κ1) is 22.2. The summed E-state index contributed by atoms with van der Waals surface area (Å²) in [6.45, 7) is 5.64. The molecule has 0 atom stereocenters. The lowest BCUT2D eigenvalue weighted by Crippen LogP contribution is -2.36. The molecule has 0 bridgehead atoms. The van der Waals surface area contributed by atoms with Crippen molar-refractivity contribution in [3.63, 3.8) is 0 Å². The smallest absolute Gasteiger partial charge is 0.262 e. The highest BCUT2D eigenvalue weighted by Crippen LogP contribution is 2.35. The van der Waals surface area contributed by atoms with Crippen molar-refractivity contribution in [3.8, 4) is 22.8 Å². The normalized spacial score (nSPS) is 15.2. The highest BCUT2D eigenvalue weighted by atomic mass is 16.5. The van der Waals surface area contributed by atoms with Gasteiger partial charge in [0.15, 0.2) is 18.1 Å². The number of carbonyl (C=O) groups is 1. The summed E-state index contributed by atoms with van der Waals surface area (Å²) < 4.78 is 18.9. The Morgan fingerprint density at radius 3 is 2.92 bits per heavy atom. The molecule has 1 saturated heterocycles. The first-order valence-electron chi connectivity index (χ1n) is 12.0. The van der Waals surface area contributed by atoms with Crippen LogP contribution in [0.1, 0.15) is 6.92 Å². The number of imidazole rings is 1. The molecule has 10 heteroatoms. The minimum absolute atomic E-state index is 0.0215. The zero-order valence-corrected chi connectivity index (χ0v) is 19.9. The van der Waals surface area contributed by atoms with Crippen molar-refractivity contribution in [1.82, 2.24) is 14.4 Å². The third-order valence-electron chi connectivity index (χ3n) is 6.16. The fourth-order valence-corrected chi connectivity index (χ4v) is 4.46. The van der Waals surface area contributed by atoms with Crippen molar-refractivity contribution in [3.05, 3.63) is 55.0 Å². The van der Waals surface area contributed by atoms with E-state index in [-0.39, 0.29) is 12.5 Å². The topological polar surface area (TPSA) is 102 Å². The summed E-state index contributed by atoms with van der Waals surface area (Å²) in [5.74, 6) is 1.89. The molecule has 4 heterocycles. The van der Waals surface area contributed by atoms with E-state index < -0.39 is 0 Å². The molecule has 2 aliphatic rings. The Labute approximate surface area is 207 Å². The van der Waals surface area contributed by atoms with E-state index in [0.717, 1.165) is 41.5 Å². The van der Waals surface area contributed by atoms with Gasteiger partial charge in [-0.25, -0.2) is 9.97 Å². The molecule has 0 spiro atoms. The molecule has 1 fully saturated rings. The highest BCUT2D eigenvalue weighted by Gasteiger charge is 2.19. The number of benzene rings is 2. The Kier molecular flexibility index (Phi) is 5.78. The van der Waals surface area contributed by atoms with Crippen LogP contribution in [0.25, 0.3) is 16.9 Å². The highest BCUT2D eigenvalue weighted by molar-refractivity contribution is 5.96. The maximum absolute atomic E-state index is 11.8. The van der Waals surface area contributed by atoms with Gasteiger partial charge in [0.05, 0.1) is 36.9 Å². The fraction of sp³-hybridized carbons (Fsp3) is 0.269. The molecule has 0 radical (unpaired) electrons. The average molecular weight is 487 g/mol. The lowest BCUT2D eigenvalue weighted by atomic mass is 10.1. The number of morpholine rings is 1. The van der Waals surface area contributed by atoms with Crippen molar-refractivity contribution in [2.45, 2.75) is 6.92 Å². The zero-order chi connectivity index (χ0) is 24.5. The quantitative estimate of drug-likeness (QED) is 0.425. The first-order valence-corrected chi connectivity index (χ1v) is 12.0. The van der Waals surface area contributed by atoms with Gasteiger partial charge in [0.2, 0.25) is 0 Å². The summed E-state index contributed by atoms with van der Waals surface area (Å²) in [6.07, 6.45) is 5.52.